The molecule has 1 atom stereocenters. The van der Waals surface area contributed by atoms with Gasteiger partial charge in [-0.25, -0.2) is 4.98 Å². The van der Waals surface area contributed by atoms with Crippen LogP contribution in [0.2, 0.25) is 0 Å². The molecular formula is C16H20N2O2. The van der Waals surface area contributed by atoms with E-state index in [2.05, 4.69) is 4.98 Å². The molecule has 0 amide bonds. The van der Waals surface area contributed by atoms with Crippen LogP contribution in [0.3, 0.4) is 0 Å². The molecular weight excluding hydrogens is 252 g/mol. The van der Waals surface area contributed by atoms with Crippen LogP contribution in [0.1, 0.15) is 24.2 Å². The summed E-state index contributed by atoms with van der Waals surface area (Å²) in [6.45, 7) is 2.98. The van der Waals surface area contributed by atoms with Crippen LogP contribution in [0.15, 0.2) is 48.7 Å². The summed E-state index contributed by atoms with van der Waals surface area (Å²) >= 11 is 0. The van der Waals surface area contributed by atoms with Crippen molar-refractivity contribution in [3.63, 3.8) is 0 Å². The highest BCUT2D eigenvalue weighted by atomic mass is 16.3. The van der Waals surface area contributed by atoms with E-state index in [1.807, 2.05) is 41.3 Å². The number of aliphatic hydroxyl groups is 2. The molecule has 1 aromatic carbocycles. The molecule has 0 saturated carbocycles. The van der Waals surface area contributed by atoms with Gasteiger partial charge in [-0.05, 0) is 30.2 Å². The summed E-state index contributed by atoms with van der Waals surface area (Å²) in [7, 11) is 0. The van der Waals surface area contributed by atoms with Crippen LogP contribution in [0.25, 0.3) is 0 Å². The van der Waals surface area contributed by atoms with Crippen molar-refractivity contribution in [1.82, 2.24) is 4.98 Å². The third kappa shape index (κ3) is 3.79. The number of rotatable bonds is 6. The van der Waals surface area contributed by atoms with E-state index in [0.717, 1.165) is 16.9 Å². The first kappa shape index (κ1) is 14.5. The standard InChI is InChI=1S/C16H20N2O2/c1-13(20)15-7-8-17-16(11-15)18(9-10-19)12-14-5-3-2-4-6-14/h2-8,11,13,19-20H,9-10,12H2,1H3. The molecule has 1 unspecified atom stereocenters. The molecule has 0 aliphatic carbocycles. The van der Waals surface area contributed by atoms with Crippen LogP contribution in [-0.4, -0.2) is 28.3 Å². The Morgan fingerprint density at radius 3 is 2.60 bits per heavy atom. The molecule has 0 aliphatic heterocycles. The van der Waals surface area contributed by atoms with Crippen LogP contribution in [-0.2, 0) is 6.54 Å². The molecule has 4 heteroatoms. The number of hydrogen-bond acceptors (Lipinski definition) is 4. The molecule has 2 aromatic rings. The van der Waals surface area contributed by atoms with Crippen molar-refractivity contribution >= 4 is 5.82 Å². The quantitative estimate of drug-likeness (QED) is 0.846. The predicted molar refractivity (Wildman–Crippen MR) is 79.4 cm³/mol. The highest BCUT2D eigenvalue weighted by Gasteiger charge is 2.10. The highest BCUT2D eigenvalue weighted by molar-refractivity contribution is 5.42. The summed E-state index contributed by atoms with van der Waals surface area (Å²) in [5.41, 5.74) is 1.98. The van der Waals surface area contributed by atoms with Crippen LogP contribution >= 0.6 is 0 Å². The fourth-order valence-corrected chi connectivity index (χ4v) is 2.07. The lowest BCUT2D eigenvalue weighted by atomic mass is 10.1. The van der Waals surface area contributed by atoms with Gasteiger partial charge in [-0.2, -0.15) is 0 Å². The average molecular weight is 272 g/mol. The zero-order valence-electron chi connectivity index (χ0n) is 11.6. The number of aliphatic hydroxyl groups excluding tert-OH is 2. The van der Waals surface area contributed by atoms with Crippen molar-refractivity contribution < 1.29 is 10.2 Å². The summed E-state index contributed by atoms with van der Waals surface area (Å²) < 4.78 is 0. The molecule has 0 aliphatic rings. The maximum atomic E-state index is 9.65. The van der Waals surface area contributed by atoms with Gasteiger partial charge in [0.15, 0.2) is 0 Å². The van der Waals surface area contributed by atoms with Crippen molar-refractivity contribution in [1.29, 1.82) is 0 Å². The van der Waals surface area contributed by atoms with Gasteiger partial charge in [0.1, 0.15) is 5.82 Å². The fourth-order valence-electron chi connectivity index (χ4n) is 2.07. The van der Waals surface area contributed by atoms with Crippen LogP contribution in [0.4, 0.5) is 5.82 Å². The zero-order valence-corrected chi connectivity index (χ0v) is 11.6. The Bertz CT molecular complexity index is 529. The van der Waals surface area contributed by atoms with Crippen LogP contribution < -0.4 is 4.90 Å². The largest absolute Gasteiger partial charge is 0.395 e. The number of pyridine rings is 1. The topological polar surface area (TPSA) is 56.6 Å². The molecule has 4 nitrogen and oxygen atoms in total. The molecule has 20 heavy (non-hydrogen) atoms. The second-order valence-corrected chi connectivity index (χ2v) is 4.75. The second-order valence-electron chi connectivity index (χ2n) is 4.75. The van der Waals surface area contributed by atoms with E-state index in [0.29, 0.717) is 13.1 Å². The van der Waals surface area contributed by atoms with Crippen molar-refractivity contribution in [3.05, 3.63) is 59.8 Å². The minimum atomic E-state index is -0.524. The first-order chi connectivity index (χ1) is 9.70. The fraction of sp³-hybridized carbons (Fsp3) is 0.312. The van der Waals surface area contributed by atoms with Gasteiger partial charge in [0.25, 0.3) is 0 Å². The minimum absolute atomic E-state index is 0.0629. The van der Waals surface area contributed by atoms with Crippen molar-refractivity contribution in [3.8, 4) is 0 Å². The summed E-state index contributed by atoms with van der Waals surface area (Å²) in [5.74, 6) is 0.765. The number of anilines is 1. The molecule has 1 aromatic heterocycles. The second kappa shape index (κ2) is 7.03. The lowest BCUT2D eigenvalue weighted by Crippen LogP contribution is -2.27. The van der Waals surface area contributed by atoms with Gasteiger partial charge in [0.2, 0.25) is 0 Å². The normalized spacial score (nSPS) is 12.2. The van der Waals surface area contributed by atoms with Gasteiger partial charge < -0.3 is 15.1 Å². The summed E-state index contributed by atoms with van der Waals surface area (Å²) in [5, 5.41) is 18.9. The molecule has 0 fully saturated rings. The van der Waals surface area contributed by atoms with Gasteiger partial charge in [0, 0.05) is 19.3 Å². The third-order valence-corrected chi connectivity index (χ3v) is 3.16. The maximum Gasteiger partial charge on any atom is 0.129 e. The molecule has 2 rings (SSSR count). The summed E-state index contributed by atoms with van der Waals surface area (Å²) in [6, 6.07) is 13.7. The minimum Gasteiger partial charge on any atom is -0.395 e. The van der Waals surface area contributed by atoms with E-state index < -0.39 is 6.10 Å². The summed E-state index contributed by atoms with van der Waals surface area (Å²) in [6.07, 6.45) is 1.16. The molecule has 106 valence electrons. The Kier molecular flexibility index (Phi) is 5.09. The third-order valence-electron chi connectivity index (χ3n) is 3.16. The molecule has 1 heterocycles. The monoisotopic (exact) mass is 272 g/mol. The van der Waals surface area contributed by atoms with Gasteiger partial charge >= 0.3 is 0 Å². The number of aromatic nitrogens is 1. The van der Waals surface area contributed by atoms with Crippen molar-refractivity contribution in [2.24, 2.45) is 0 Å². The Hall–Kier alpha value is -1.91. The number of hydrogen-bond donors (Lipinski definition) is 2. The first-order valence-corrected chi connectivity index (χ1v) is 6.74. The smallest absolute Gasteiger partial charge is 0.129 e. The predicted octanol–water partition coefficient (Wildman–Crippen LogP) is 2.13. The molecule has 0 bridgehead atoms. The van der Waals surface area contributed by atoms with Crippen molar-refractivity contribution in [2.75, 3.05) is 18.1 Å². The lowest BCUT2D eigenvalue weighted by molar-refractivity contribution is 0.199. The first-order valence-electron chi connectivity index (χ1n) is 6.74. The number of nitrogens with zero attached hydrogens (tertiary/aromatic N) is 2. The van der Waals surface area contributed by atoms with Gasteiger partial charge in [-0.15, -0.1) is 0 Å². The van der Waals surface area contributed by atoms with Crippen molar-refractivity contribution in [2.45, 2.75) is 19.6 Å². The van der Waals surface area contributed by atoms with E-state index >= 15 is 0 Å². The van der Waals surface area contributed by atoms with Crippen LogP contribution in [0.5, 0.6) is 0 Å². The van der Waals surface area contributed by atoms with E-state index in [1.165, 1.54) is 0 Å². The molecule has 0 saturated heterocycles. The van der Waals surface area contributed by atoms with Crippen LogP contribution in [0, 0.1) is 0 Å². The van der Waals surface area contributed by atoms with E-state index in [1.54, 1.807) is 19.2 Å². The molecule has 0 radical (unpaired) electrons. The Balaban J connectivity index is 2.21. The maximum absolute atomic E-state index is 9.65. The average Bonchev–Trinajstić information content (AvgIpc) is 2.48. The highest BCUT2D eigenvalue weighted by Crippen LogP contribution is 2.19. The van der Waals surface area contributed by atoms with E-state index in [-0.39, 0.29) is 6.61 Å². The molecule has 2 N–H and O–H groups in total. The zero-order chi connectivity index (χ0) is 14.4. The molecule has 0 spiro atoms. The summed E-state index contributed by atoms with van der Waals surface area (Å²) in [4.78, 5) is 6.34. The Morgan fingerprint density at radius 2 is 1.95 bits per heavy atom. The Labute approximate surface area is 119 Å². The lowest BCUT2D eigenvalue weighted by Gasteiger charge is -2.23. The number of benzene rings is 1. The van der Waals surface area contributed by atoms with Gasteiger partial charge in [-0.3, -0.25) is 0 Å². The Morgan fingerprint density at radius 1 is 1.20 bits per heavy atom. The van der Waals surface area contributed by atoms with E-state index in [4.69, 9.17) is 0 Å². The SMILES string of the molecule is CC(O)c1ccnc(N(CCO)Cc2ccccc2)c1. The van der Waals surface area contributed by atoms with E-state index in [9.17, 15) is 10.2 Å². The van der Waals surface area contributed by atoms with Gasteiger partial charge in [-0.1, -0.05) is 30.3 Å². The van der Waals surface area contributed by atoms with Gasteiger partial charge in [0.05, 0.1) is 12.7 Å².